The predicted octanol–water partition coefficient (Wildman–Crippen LogP) is 4.70. The zero-order chi connectivity index (χ0) is 20.3. The molecule has 0 bridgehead atoms. The lowest BCUT2D eigenvalue weighted by atomic mass is 10.1. The van der Waals surface area contributed by atoms with Crippen LogP contribution in [0.25, 0.3) is 0 Å². The van der Waals surface area contributed by atoms with Gasteiger partial charge in [0.1, 0.15) is 11.9 Å². The van der Waals surface area contributed by atoms with Crippen molar-refractivity contribution in [3.63, 3.8) is 0 Å². The molecule has 28 heavy (non-hydrogen) atoms. The van der Waals surface area contributed by atoms with Gasteiger partial charge in [-0.3, -0.25) is 5.10 Å². The van der Waals surface area contributed by atoms with Crippen LogP contribution >= 0.6 is 11.6 Å². The molecule has 10 heteroatoms. The Morgan fingerprint density at radius 3 is 2.50 bits per heavy atom. The molecule has 0 saturated carbocycles. The fourth-order valence-electron chi connectivity index (χ4n) is 2.55. The Morgan fingerprint density at radius 2 is 1.89 bits per heavy atom. The second kappa shape index (κ2) is 7.89. The lowest BCUT2D eigenvalue weighted by molar-refractivity contribution is -0.137. The zero-order valence-electron chi connectivity index (χ0n) is 14.5. The van der Waals surface area contributed by atoms with Gasteiger partial charge < -0.3 is 10.6 Å². The third kappa shape index (κ3) is 4.61. The van der Waals surface area contributed by atoms with E-state index in [1.54, 1.807) is 31.2 Å². The van der Waals surface area contributed by atoms with Crippen molar-refractivity contribution in [3.05, 3.63) is 76.3 Å². The second-order valence-electron chi connectivity index (χ2n) is 5.91. The van der Waals surface area contributed by atoms with E-state index in [0.717, 1.165) is 12.1 Å². The number of halogens is 4. The number of amides is 2. The summed E-state index contributed by atoms with van der Waals surface area (Å²) >= 11 is 5.60. The van der Waals surface area contributed by atoms with Crippen LogP contribution in [0.2, 0.25) is 5.02 Å². The second-order valence-corrected chi connectivity index (χ2v) is 6.32. The normalized spacial score (nSPS) is 12.5. The van der Waals surface area contributed by atoms with Gasteiger partial charge in [-0.1, -0.05) is 41.9 Å². The highest BCUT2D eigenvalue weighted by molar-refractivity contribution is 6.31. The van der Waals surface area contributed by atoms with Crippen molar-refractivity contribution in [3.8, 4) is 0 Å². The maximum Gasteiger partial charge on any atom is 0.417 e. The summed E-state index contributed by atoms with van der Waals surface area (Å²) in [7, 11) is 0. The first-order valence-corrected chi connectivity index (χ1v) is 8.50. The Morgan fingerprint density at radius 1 is 1.18 bits per heavy atom. The van der Waals surface area contributed by atoms with Gasteiger partial charge in [0.25, 0.3) is 0 Å². The molecule has 2 aromatic carbocycles. The SMILES string of the molecule is Cc1nc([C@@H](NC(=O)Nc2ccc(Cl)c(C(F)(F)F)c2)c2ccccc2)n[nH]1. The van der Waals surface area contributed by atoms with E-state index in [0.29, 0.717) is 17.2 Å². The first-order valence-electron chi connectivity index (χ1n) is 8.12. The van der Waals surface area contributed by atoms with Crippen LogP contribution in [0.3, 0.4) is 0 Å². The van der Waals surface area contributed by atoms with E-state index < -0.39 is 28.8 Å². The van der Waals surface area contributed by atoms with E-state index in [-0.39, 0.29) is 5.69 Å². The molecular weight excluding hydrogens is 395 g/mol. The number of nitrogens with zero attached hydrogens (tertiary/aromatic N) is 2. The van der Waals surface area contributed by atoms with Crippen LogP contribution < -0.4 is 10.6 Å². The summed E-state index contributed by atoms with van der Waals surface area (Å²) in [6.07, 6.45) is -4.63. The number of aryl methyl sites for hydroxylation is 1. The molecule has 0 spiro atoms. The number of hydrogen-bond acceptors (Lipinski definition) is 3. The number of rotatable bonds is 4. The molecule has 0 saturated heterocycles. The van der Waals surface area contributed by atoms with E-state index in [1.807, 2.05) is 6.07 Å². The number of benzene rings is 2. The zero-order valence-corrected chi connectivity index (χ0v) is 15.3. The lowest BCUT2D eigenvalue weighted by Gasteiger charge is -2.17. The number of anilines is 1. The molecule has 1 aromatic heterocycles. The molecule has 3 N–H and O–H groups in total. The molecule has 3 aromatic rings. The maximum atomic E-state index is 13.0. The largest absolute Gasteiger partial charge is 0.417 e. The summed E-state index contributed by atoms with van der Waals surface area (Å²) in [5.74, 6) is 0.886. The topological polar surface area (TPSA) is 82.7 Å². The minimum atomic E-state index is -4.63. The average Bonchev–Trinajstić information content (AvgIpc) is 3.07. The Balaban J connectivity index is 1.82. The Kier molecular flexibility index (Phi) is 5.55. The van der Waals surface area contributed by atoms with Crippen LogP contribution in [-0.4, -0.2) is 21.2 Å². The third-order valence-corrected chi connectivity index (χ3v) is 4.14. The molecule has 146 valence electrons. The van der Waals surface area contributed by atoms with Gasteiger partial charge in [-0.2, -0.15) is 18.3 Å². The van der Waals surface area contributed by atoms with Crippen LogP contribution in [0.5, 0.6) is 0 Å². The summed E-state index contributed by atoms with van der Waals surface area (Å²) < 4.78 is 39.0. The Bertz CT molecular complexity index is 975. The number of carbonyl (C=O) groups excluding carboxylic acids is 1. The summed E-state index contributed by atoms with van der Waals surface area (Å²) in [6, 6.07) is 10.7. The number of alkyl halides is 3. The highest BCUT2D eigenvalue weighted by Crippen LogP contribution is 2.36. The Hall–Kier alpha value is -3.07. The molecule has 1 atom stereocenters. The summed E-state index contributed by atoms with van der Waals surface area (Å²) in [4.78, 5) is 16.7. The van der Waals surface area contributed by atoms with Crippen molar-refractivity contribution in [2.45, 2.75) is 19.1 Å². The molecule has 1 heterocycles. The van der Waals surface area contributed by atoms with Crippen LogP contribution in [-0.2, 0) is 6.18 Å². The minimum absolute atomic E-state index is 0.0489. The van der Waals surface area contributed by atoms with Crippen molar-refractivity contribution in [1.29, 1.82) is 0 Å². The van der Waals surface area contributed by atoms with Gasteiger partial charge in [-0.25, -0.2) is 9.78 Å². The molecule has 0 aliphatic carbocycles. The maximum absolute atomic E-state index is 13.0. The van der Waals surface area contributed by atoms with Gasteiger partial charge in [0.05, 0.1) is 10.6 Å². The number of H-pyrrole nitrogens is 1. The van der Waals surface area contributed by atoms with E-state index in [1.165, 1.54) is 6.07 Å². The quantitative estimate of drug-likeness (QED) is 0.584. The molecule has 0 fully saturated rings. The van der Waals surface area contributed by atoms with Gasteiger partial charge >= 0.3 is 12.2 Å². The van der Waals surface area contributed by atoms with Gasteiger partial charge in [0.2, 0.25) is 0 Å². The van der Waals surface area contributed by atoms with Crippen LogP contribution in [0.4, 0.5) is 23.7 Å². The van der Waals surface area contributed by atoms with Crippen molar-refractivity contribution in [2.24, 2.45) is 0 Å². The van der Waals surface area contributed by atoms with Crippen LogP contribution in [0, 0.1) is 6.92 Å². The summed E-state index contributed by atoms with van der Waals surface area (Å²) in [5.41, 5.74) is -0.368. The van der Waals surface area contributed by atoms with E-state index >= 15 is 0 Å². The average molecular weight is 410 g/mol. The first kappa shape index (κ1) is 19.7. The molecule has 3 rings (SSSR count). The highest BCUT2D eigenvalue weighted by Gasteiger charge is 2.33. The van der Waals surface area contributed by atoms with Crippen LogP contribution in [0.1, 0.15) is 28.8 Å². The molecule has 0 unspecified atom stereocenters. The molecule has 0 aliphatic rings. The van der Waals surface area contributed by atoms with Crippen molar-refractivity contribution < 1.29 is 18.0 Å². The fraction of sp³-hybridized carbons (Fsp3) is 0.167. The number of aromatic amines is 1. The third-order valence-electron chi connectivity index (χ3n) is 3.81. The van der Waals surface area contributed by atoms with Crippen molar-refractivity contribution in [2.75, 3.05) is 5.32 Å². The molecular formula is C18H15ClF3N5O. The lowest BCUT2D eigenvalue weighted by Crippen LogP contribution is -2.34. The molecule has 0 radical (unpaired) electrons. The summed E-state index contributed by atoms with van der Waals surface area (Å²) in [5, 5.41) is 11.4. The van der Waals surface area contributed by atoms with Gasteiger partial charge in [-0.15, -0.1) is 0 Å². The standard InChI is InChI=1S/C18H15ClF3N5O/c1-10-23-16(27-26-10)15(11-5-3-2-4-6-11)25-17(28)24-12-7-8-14(19)13(9-12)18(20,21)22/h2-9,15H,1H3,(H,23,26,27)(H2,24,25,28)/t15-/m0/s1. The smallest absolute Gasteiger partial charge is 0.324 e. The number of nitrogens with one attached hydrogen (secondary N) is 3. The van der Waals surface area contributed by atoms with E-state index in [4.69, 9.17) is 11.6 Å². The molecule has 0 aliphatic heterocycles. The number of hydrogen-bond donors (Lipinski definition) is 3. The molecule has 2 amide bonds. The summed E-state index contributed by atoms with van der Waals surface area (Å²) in [6.45, 7) is 1.71. The van der Waals surface area contributed by atoms with Gasteiger partial charge in [0.15, 0.2) is 5.82 Å². The van der Waals surface area contributed by atoms with Gasteiger partial charge in [-0.05, 0) is 30.7 Å². The fourth-order valence-corrected chi connectivity index (χ4v) is 2.77. The van der Waals surface area contributed by atoms with Crippen LogP contribution in [0.15, 0.2) is 48.5 Å². The van der Waals surface area contributed by atoms with Gasteiger partial charge in [0, 0.05) is 5.69 Å². The minimum Gasteiger partial charge on any atom is -0.324 e. The van der Waals surface area contributed by atoms with Crippen molar-refractivity contribution in [1.82, 2.24) is 20.5 Å². The monoisotopic (exact) mass is 409 g/mol. The highest BCUT2D eigenvalue weighted by atomic mass is 35.5. The predicted molar refractivity (Wildman–Crippen MR) is 98.0 cm³/mol. The van der Waals surface area contributed by atoms with E-state index in [2.05, 4.69) is 25.8 Å². The van der Waals surface area contributed by atoms with E-state index in [9.17, 15) is 18.0 Å². The Labute approximate surface area is 163 Å². The van der Waals surface area contributed by atoms with Crippen molar-refractivity contribution >= 4 is 23.3 Å². The number of urea groups is 1. The number of carbonyl (C=O) groups is 1. The number of aromatic nitrogens is 3. The molecule has 6 nitrogen and oxygen atoms in total. The first-order chi connectivity index (χ1) is 13.2.